The summed E-state index contributed by atoms with van der Waals surface area (Å²) in [5.74, 6) is -1.43. The molecule has 7 heteroatoms. The number of fused-ring (bicyclic) bond motifs is 1. The quantitative estimate of drug-likeness (QED) is 0.318. The first-order valence-electron chi connectivity index (χ1n) is 10.4. The van der Waals surface area contributed by atoms with Gasteiger partial charge in [0.1, 0.15) is 28.9 Å². The molecular weight excluding hydrogens is 412 g/mol. The normalized spacial score (nSPS) is 16.9. The van der Waals surface area contributed by atoms with E-state index in [4.69, 9.17) is 4.74 Å². The van der Waals surface area contributed by atoms with Crippen molar-refractivity contribution in [2.75, 3.05) is 0 Å². The van der Waals surface area contributed by atoms with Gasteiger partial charge in [-0.3, -0.25) is 4.79 Å². The minimum atomic E-state index is -0.729. The number of benzene rings is 2. The van der Waals surface area contributed by atoms with Crippen molar-refractivity contribution in [2.45, 2.75) is 51.7 Å². The Morgan fingerprint density at radius 1 is 1.16 bits per heavy atom. The lowest BCUT2D eigenvalue weighted by molar-refractivity contribution is 0.0844. The van der Waals surface area contributed by atoms with E-state index in [2.05, 4.69) is 6.58 Å². The Balaban J connectivity index is 1.81. The van der Waals surface area contributed by atoms with Crippen molar-refractivity contribution in [3.63, 3.8) is 0 Å². The van der Waals surface area contributed by atoms with Gasteiger partial charge in [-0.25, -0.2) is 0 Å². The average molecular weight is 440 g/mol. The van der Waals surface area contributed by atoms with Crippen LogP contribution in [-0.4, -0.2) is 37.4 Å². The van der Waals surface area contributed by atoms with Crippen molar-refractivity contribution >= 4 is 5.78 Å². The summed E-state index contributed by atoms with van der Waals surface area (Å²) < 4.78 is 5.83. The zero-order valence-electron chi connectivity index (χ0n) is 18.1. The number of carbonyl (C=O) groups is 1. The molecule has 32 heavy (non-hydrogen) atoms. The van der Waals surface area contributed by atoms with Gasteiger partial charge in [0.2, 0.25) is 0 Å². The van der Waals surface area contributed by atoms with Crippen LogP contribution in [0.2, 0.25) is 0 Å². The van der Waals surface area contributed by atoms with Crippen LogP contribution in [0.1, 0.15) is 60.7 Å². The lowest BCUT2D eigenvalue weighted by atomic mass is 9.92. The van der Waals surface area contributed by atoms with E-state index in [1.807, 2.05) is 13.0 Å². The number of ether oxygens (including phenoxy) is 1. The second-order valence-electron chi connectivity index (χ2n) is 8.23. The van der Waals surface area contributed by atoms with Gasteiger partial charge in [-0.05, 0) is 50.8 Å². The monoisotopic (exact) mass is 440 g/mol. The summed E-state index contributed by atoms with van der Waals surface area (Å²) in [4.78, 5) is 12.8. The molecule has 1 aliphatic rings. The van der Waals surface area contributed by atoms with E-state index in [9.17, 15) is 30.3 Å². The summed E-state index contributed by atoms with van der Waals surface area (Å²) in [7, 11) is 0. The SMILES string of the molecule is C=C(C)C(O)CC/C(C)=C/Cc1c(O)cc2c(c1O)C(=O)C[C@@H](c1ccc(O)c(O)c1)O2. The standard InChI is InChI=1S/C25H28O7/c1-13(2)17(26)8-5-14(3)4-7-16-19(28)11-23-24(25(16)31)21(30)12-22(32-23)15-6-9-18(27)20(29)10-15/h4,6,9-11,17,22,26-29,31H,1,5,7-8,12H2,2-3H3/b14-4+/t17?,22-/m0/s1. The number of aliphatic hydroxyl groups excluding tert-OH is 1. The summed E-state index contributed by atoms with van der Waals surface area (Å²) in [6, 6.07) is 5.45. The van der Waals surface area contributed by atoms with Crippen LogP contribution in [0.15, 0.2) is 48.1 Å². The van der Waals surface area contributed by atoms with Crippen LogP contribution in [0.5, 0.6) is 28.7 Å². The highest BCUT2D eigenvalue weighted by molar-refractivity contribution is 6.03. The van der Waals surface area contributed by atoms with Crippen LogP contribution in [0.4, 0.5) is 0 Å². The Kier molecular flexibility index (Phi) is 6.79. The number of aliphatic hydroxyl groups is 1. The molecule has 0 spiro atoms. The molecule has 2 atom stereocenters. The summed E-state index contributed by atoms with van der Waals surface area (Å²) in [5.41, 5.74) is 2.39. The maximum absolute atomic E-state index is 12.8. The number of Topliss-reactive ketones (excluding diaryl/α,β-unsaturated/α-hetero) is 1. The lowest BCUT2D eigenvalue weighted by Gasteiger charge is -2.27. The first-order valence-corrected chi connectivity index (χ1v) is 10.4. The topological polar surface area (TPSA) is 127 Å². The highest BCUT2D eigenvalue weighted by atomic mass is 16.5. The summed E-state index contributed by atoms with van der Waals surface area (Å²) in [6.45, 7) is 7.38. The molecule has 0 saturated heterocycles. The van der Waals surface area contributed by atoms with E-state index in [1.165, 1.54) is 24.3 Å². The zero-order valence-corrected chi connectivity index (χ0v) is 18.1. The fourth-order valence-corrected chi connectivity index (χ4v) is 3.62. The van der Waals surface area contributed by atoms with Gasteiger partial charge < -0.3 is 30.3 Å². The van der Waals surface area contributed by atoms with Gasteiger partial charge in [0.05, 0.1) is 12.5 Å². The van der Waals surface area contributed by atoms with Gasteiger partial charge in [0.25, 0.3) is 0 Å². The molecule has 5 N–H and O–H groups in total. The average Bonchev–Trinajstić information content (AvgIpc) is 2.72. The molecular formula is C25H28O7. The number of ketones is 1. The highest BCUT2D eigenvalue weighted by Crippen LogP contribution is 2.45. The minimum absolute atomic E-state index is 0.0146. The molecule has 7 nitrogen and oxygen atoms in total. The molecule has 0 aromatic heterocycles. The number of allylic oxidation sites excluding steroid dienone is 2. The van der Waals surface area contributed by atoms with E-state index >= 15 is 0 Å². The van der Waals surface area contributed by atoms with Crippen molar-refractivity contribution < 1.29 is 35.1 Å². The van der Waals surface area contributed by atoms with Crippen LogP contribution in [0.3, 0.4) is 0 Å². The van der Waals surface area contributed by atoms with Gasteiger partial charge in [-0.1, -0.05) is 29.9 Å². The van der Waals surface area contributed by atoms with Crippen LogP contribution in [0, 0.1) is 0 Å². The fraction of sp³-hybridized carbons (Fsp3) is 0.320. The third-order valence-electron chi connectivity index (χ3n) is 5.67. The number of hydrogen-bond donors (Lipinski definition) is 5. The third-order valence-corrected chi connectivity index (χ3v) is 5.67. The van der Waals surface area contributed by atoms with E-state index in [0.29, 0.717) is 24.0 Å². The Labute approximate surface area is 186 Å². The zero-order chi connectivity index (χ0) is 23.6. The Hall–Kier alpha value is -3.45. The highest BCUT2D eigenvalue weighted by Gasteiger charge is 2.32. The molecule has 170 valence electrons. The lowest BCUT2D eigenvalue weighted by Crippen LogP contribution is -2.21. The van der Waals surface area contributed by atoms with E-state index in [1.54, 1.807) is 6.92 Å². The van der Waals surface area contributed by atoms with Gasteiger partial charge in [-0.2, -0.15) is 0 Å². The second-order valence-corrected chi connectivity index (χ2v) is 8.23. The van der Waals surface area contributed by atoms with Gasteiger partial charge in [0.15, 0.2) is 17.3 Å². The number of phenolic OH excluding ortho intramolecular Hbond substituents is 4. The third kappa shape index (κ3) is 4.89. The first-order chi connectivity index (χ1) is 15.1. The maximum Gasteiger partial charge on any atom is 0.174 e. The fourth-order valence-electron chi connectivity index (χ4n) is 3.62. The van der Waals surface area contributed by atoms with E-state index < -0.39 is 12.2 Å². The van der Waals surface area contributed by atoms with E-state index in [0.717, 1.165) is 5.57 Å². The van der Waals surface area contributed by atoms with Crippen LogP contribution < -0.4 is 4.74 Å². The molecule has 1 unspecified atom stereocenters. The summed E-state index contributed by atoms with van der Waals surface area (Å²) >= 11 is 0. The van der Waals surface area contributed by atoms with Crippen LogP contribution in [-0.2, 0) is 6.42 Å². The number of phenols is 4. The molecule has 0 fully saturated rings. The molecule has 3 rings (SSSR count). The van der Waals surface area contributed by atoms with Crippen LogP contribution in [0.25, 0.3) is 0 Å². The Morgan fingerprint density at radius 3 is 2.53 bits per heavy atom. The molecule has 0 radical (unpaired) electrons. The molecule has 0 aliphatic carbocycles. The molecule has 2 aromatic rings. The van der Waals surface area contributed by atoms with E-state index in [-0.39, 0.29) is 58.5 Å². The van der Waals surface area contributed by atoms with Crippen molar-refractivity contribution in [3.05, 3.63) is 64.8 Å². The second kappa shape index (κ2) is 9.36. The number of carbonyl (C=O) groups excluding carboxylic acids is 1. The van der Waals surface area contributed by atoms with Gasteiger partial charge >= 0.3 is 0 Å². The van der Waals surface area contributed by atoms with Crippen molar-refractivity contribution in [1.82, 2.24) is 0 Å². The smallest absolute Gasteiger partial charge is 0.174 e. The summed E-state index contributed by atoms with van der Waals surface area (Å²) in [5, 5.41) is 50.2. The largest absolute Gasteiger partial charge is 0.507 e. The number of aromatic hydroxyl groups is 4. The maximum atomic E-state index is 12.8. The van der Waals surface area contributed by atoms with Crippen molar-refractivity contribution in [3.8, 4) is 28.7 Å². The molecule has 0 saturated carbocycles. The minimum Gasteiger partial charge on any atom is -0.507 e. The van der Waals surface area contributed by atoms with Crippen molar-refractivity contribution in [2.24, 2.45) is 0 Å². The van der Waals surface area contributed by atoms with Gasteiger partial charge in [0, 0.05) is 11.6 Å². The predicted molar refractivity (Wildman–Crippen MR) is 119 cm³/mol. The predicted octanol–water partition coefficient (Wildman–Crippen LogP) is 4.42. The number of rotatable bonds is 7. The van der Waals surface area contributed by atoms with Crippen molar-refractivity contribution in [1.29, 1.82) is 0 Å². The number of hydrogen-bond acceptors (Lipinski definition) is 7. The van der Waals surface area contributed by atoms with Gasteiger partial charge in [-0.15, -0.1) is 0 Å². The molecule has 0 amide bonds. The molecule has 0 bridgehead atoms. The Morgan fingerprint density at radius 2 is 1.88 bits per heavy atom. The first kappa shape index (κ1) is 23.2. The molecule has 1 aliphatic heterocycles. The molecule has 2 aromatic carbocycles. The molecule has 1 heterocycles. The summed E-state index contributed by atoms with van der Waals surface area (Å²) in [6.07, 6.45) is 1.83. The van der Waals surface area contributed by atoms with Crippen LogP contribution >= 0.6 is 0 Å². The Bertz CT molecular complexity index is 1080.